The fourth-order valence-electron chi connectivity index (χ4n) is 5.01. The van der Waals surface area contributed by atoms with Crippen molar-refractivity contribution in [3.8, 4) is 0 Å². The van der Waals surface area contributed by atoms with E-state index >= 15 is 0 Å². The zero-order valence-corrected chi connectivity index (χ0v) is 16.9. The molecule has 1 aromatic carbocycles. The summed E-state index contributed by atoms with van der Waals surface area (Å²) in [6, 6.07) is 9.42. The van der Waals surface area contributed by atoms with Crippen LogP contribution in [0.5, 0.6) is 0 Å². The quantitative estimate of drug-likeness (QED) is 0.780. The summed E-state index contributed by atoms with van der Waals surface area (Å²) in [5, 5.41) is 0.838. The molecule has 0 N–H and O–H groups in total. The number of benzene rings is 1. The van der Waals surface area contributed by atoms with E-state index in [-0.39, 0.29) is 5.54 Å². The zero-order valence-electron chi connectivity index (χ0n) is 16.2. The second-order valence-electron chi connectivity index (χ2n) is 7.78. The normalized spacial score (nSPS) is 29.2. The second kappa shape index (κ2) is 8.39. The molecule has 1 saturated heterocycles. The first kappa shape index (κ1) is 19.2. The summed E-state index contributed by atoms with van der Waals surface area (Å²) < 4.78 is 0. The second-order valence-corrected chi connectivity index (χ2v) is 8.22. The molecule has 2 aliphatic rings. The molecule has 3 rings (SSSR count). The number of hydrogen-bond acceptors (Lipinski definition) is 3. The molecule has 4 heteroatoms. The Morgan fingerprint density at radius 2 is 1.56 bits per heavy atom. The van der Waals surface area contributed by atoms with Gasteiger partial charge in [0.05, 0.1) is 0 Å². The van der Waals surface area contributed by atoms with Gasteiger partial charge in [-0.05, 0) is 63.5 Å². The average molecular weight is 364 g/mol. The topological polar surface area (TPSA) is 9.72 Å². The predicted octanol–water partition coefficient (Wildman–Crippen LogP) is 4.07. The highest BCUT2D eigenvalue weighted by molar-refractivity contribution is 6.30. The van der Waals surface area contributed by atoms with Gasteiger partial charge in [-0.3, -0.25) is 9.80 Å². The molecular weight excluding hydrogens is 330 g/mol. The van der Waals surface area contributed by atoms with Gasteiger partial charge < -0.3 is 4.90 Å². The number of piperazine rings is 1. The molecule has 0 amide bonds. The largest absolute Gasteiger partial charge is 0.304 e. The maximum Gasteiger partial charge on any atom is 0.0461 e. The molecule has 1 saturated carbocycles. The Balaban J connectivity index is 1.75. The molecule has 1 aliphatic heterocycles. The lowest BCUT2D eigenvalue weighted by Gasteiger charge is -2.50. The average Bonchev–Trinajstić information content (AvgIpc) is 2.64. The maximum atomic E-state index is 6.16. The van der Waals surface area contributed by atoms with E-state index in [1.54, 1.807) is 0 Å². The molecule has 3 nitrogen and oxygen atoms in total. The lowest BCUT2D eigenvalue weighted by Crippen LogP contribution is -2.54. The van der Waals surface area contributed by atoms with Gasteiger partial charge in [-0.2, -0.15) is 0 Å². The zero-order chi connectivity index (χ0) is 17.9. The highest BCUT2D eigenvalue weighted by Gasteiger charge is 2.41. The van der Waals surface area contributed by atoms with Crippen molar-refractivity contribution in [2.24, 2.45) is 0 Å². The molecule has 1 aliphatic carbocycles. The standard InChI is InChI=1S/C21H34ClN3/c1-4-25(5-2)21(18-6-8-19(22)9-7-18)12-10-20(11-13-21)24-16-14-23(3)15-17-24/h6-9,20H,4-5,10-17H2,1-3H3. The van der Waals surface area contributed by atoms with E-state index in [0.717, 1.165) is 24.2 Å². The van der Waals surface area contributed by atoms with Crippen molar-refractivity contribution in [3.63, 3.8) is 0 Å². The summed E-state index contributed by atoms with van der Waals surface area (Å²) in [5.41, 5.74) is 1.65. The van der Waals surface area contributed by atoms with E-state index in [4.69, 9.17) is 11.6 Å². The molecule has 1 heterocycles. The van der Waals surface area contributed by atoms with Crippen LogP contribution in [0.4, 0.5) is 0 Å². The number of rotatable bonds is 5. The first-order valence-electron chi connectivity index (χ1n) is 10.0. The minimum Gasteiger partial charge on any atom is -0.304 e. The summed E-state index contributed by atoms with van der Waals surface area (Å²) in [7, 11) is 2.24. The van der Waals surface area contributed by atoms with Crippen molar-refractivity contribution in [2.45, 2.75) is 51.1 Å². The van der Waals surface area contributed by atoms with E-state index in [1.165, 1.54) is 57.4 Å². The third kappa shape index (κ3) is 4.05. The van der Waals surface area contributed by atoms with Gasteiger partial charge in [-0.15, -0.1) is 0 Å². The summed E-state index contributed by atoms with van der Waals surface area (Å²) in [4.78, 5) is 7.87. The lowest BCUT2D eigenvalue weighted by atomic mass is 9.73. The molecule has 2 fully saturated rings. The Morgan fingerprint density at radius 3 is 2.08 bits per heavy atom. The Bertz CT molecular complexity index is 525. The van der Waals surface area contributed by atoms with Crippen LogP contribution in [0.2, 0.25) is 5.02 Å². The molecule has 0 aromatic heterocycles. The molecule has 0 radical (unpaired) electrons. The van der Waals surface area contributed by atoms with Gasteiger partial charge in [0.15, 0.2) is 0 Å². The van der Waals surface area contributed by atoms with E-state index < -0.39 is 0 Å². The number of likely N-dealkylation sites (N-methyl/N-ethyl adjacent to an activating group) is 1. The van der Waals surface area contributed by atoms with Crippen LogP contribution in [0, 0.1) is 0 Å². The van der Waals surface area contributed by atoms with Gasteiger partial charge in [-0.25, -0.2) is 0 Å². The number of nitrogens with zero attached hydrogens (tertiary/aromatic N) is 3. The van der Waals surface area contributed by atoms with Crippen molar-refractivity contribution >= 4 is 11.6 Å². The van der Waals surface area contributed by atoms with E-state index in [1.807, 2.05) is 0 Å². The van der Waals surface area contributed by atoms with Crippen molar-refractivity contribution in [1.29, 1.82) is 0 Å². The SMILES string of the molecule is CCN(CC)C1(c2ccc(Cl)cc2)CCC(N2CCN(C)CC2)CC1. The van der Waals surface area contributed by atoms with Crippen molar-refractivity contribution < 1.29 is 0 Å². The monoisotopic (exact) mass is 363 g/mol. The first-order valence-corrected chi connectivity index (χ1v) is 10.4. The van der Waals surface area contributed by atoms with Crippen LogP contribution in [0.15, 0.2) is 24.3 Å². The highest BCUT2D eigenvalue weighted by atomic mass is 35.5. The molecule has 1 aromatic rings. The van der Waals surface area contributed by atoms with Crippen LogP contribution in [-0.4, -0.2) is 67.1 Å². The lowest BCUT2D eigenvalue weighted by molar-refractivity contribution is 0.0115. The summed E-state index contributed by atoms with van der Waals surface area (Å²) in [6.07, 6.45) is 5.13. The Morgan fingerprint density at radius 1 is 1.00 bits per heavy atom. The Kier molecular flexibility index (Phi) is 6.43. The molecular formula is C21H34ClN3. The molecule has 0 bridgehead atoms. The van der Waals surface area contributed by atoms with Gasteiger partial charge in [0.2, 0.25) is 0 Å². The van der Waals surface area contributed by atoms with E-state index in [9.17, 15) is 0 Å². The molecule has 0 unspecified atom stereocenters. The van der Waals surface area contributed by atoms with E-state index in [0.29, 0.717) is 0 Å². The van der Waals surface area contributed by atoms with Gasteiger partial charge in [0.25, 0.3) is 0 Å². The van der Waals surface area contributed by atoms with Crippen LogP contribution < -0.4 is 0 Å². The first-order chi connectivity index (χ1) is 12.1. The Hall–Kier alpha value is -0.610. The molecule has 0 spiro atoms. The minimum absolute atomic E-state index is 0.192. The smallest absolute Gasteiger partial charge is 0.0461 e. The molecule has 0 atom stereocenters. The minimum atomic E-state index is 0.192. The van der Waals surface area contributed by atoms with Crippen LogP contribution in [-0.2, 0) is 5.54 Å². The predicted molar refractivity (Wildman–Crippen MR) is 107 cm³/mol. The number of halogens is 1. The highest BCUT2D eigenvalue weighted by Crippen LogP contribution is 2.43. The van der Waals surface area contributed by atoms with Crippen molar-refractivity contribution in [2.75, 3.05) is 46.3 Å². The third-order valence-electron chi connectivity index (χ3n) is 6.59. The molecule has 140 valence electrons. The summed E-state index contributed by atoms with van der Waals surface area (Å²) >= 11 is 6.16. The van der Waals surface area contributed by atoms with Gasteiger partial charge in [0, 0.05) is 42.8 Å². The third-order valence-corrected chi connectivity index (χ3v) is 6.84. The fraction of sp³-hybridized carbons (Fsp3) is 0.714. The van der Waals surface area contributed by atoms with Gasteiger partial charge in [-0.1, -0.05) is 37.6 Å². The number of hydrogen-bond donors (Lipinski definition) is 0. The van der Waals surface area contributed by atoms with Crippen molar-refractivity contribution in [1.82, 2.24) is 14.7 Å². The van der Waals surface area contributed by atoms with E-state index in [2.05, 4.69) is 59.9 Å². The maximum absolute atomic E-state index is 6.16. The van der Waals surface area contributed by atoms with Crippen molar-refractivity contribution in [3.05, 3.63) is 34.9 Å². The van der Waals surface area contributed by atoms with Gasteiger partial charge in [0.1, 0.15) is 0 Å². The fourth-order valence-corrected chi connectivity index (χ4v) is 5.13. The summed E-state index contributed by atoms with van der Waals surface area (Å²) in [6.45, 7) is 11.7. The summed E-state index contributed by atoms with van der Waals surface area (Å²) in [5.74, 6) is 0. The van der Waals surface area contributed by atoms with Gasteiger partial charge >= 0.3 is 0 Å². The molecule has 25 heavy (non-hydrogen) atoms. The van der Waals surface area contributed by atoms with Crippen LogP contribution >= 0.6 is 11.6 Å². The van der Waals surface area contributed by atoms with Crippen LogP contribution in [0.3, 0.4) is 0 Å². The Labute approximate surface area is 158 Å². The van der Waals surface area contributed by atoms with Crippen LogP contribution in [0.1, 0.15) is 45.1 Å². The van der Waals surface area contributed by atoms with Crippen LogP contribution in [0.25, 0.3) is 0 Å².